The van der Waals surface area contributed by atoms with Gasteiger partial charge in [-0.3, -0.25) is 0 Å². The fraction of sp³-hybridized carbons (Fsp3) is 1.00. The lowest BCUT2D eigenvalue weighted by Gasteiger charge is -2.39. The largest absolute Gasteiger partial charge is 0.416 e. The Hall–Kier alpha value is 0.884. The summed E-state index contributed by atoms with van der Waals surface area (Å²) in [7, 11) is -7.77. The molecule has 0 amide bonds. The zero-order valence-electron chi connectivity index (χ0n) is 11.5. The fourth-order valence-electron chi connectivity index (χ4n) is 1.79. The summed E-state index contributed by atoms with van der Waals surface area (Å²) in [6, 6.07) is 0. The smallest absolute Gasteiger partial charge is 0.413 e. The molecule has 0 bridgehead atoms. The molecular weight excluding hydrogens is 305 g/mol. The Balaban J connectivity index is 2.83. The van der Waals surface area contributed by atoms with Crippen LogP contribution in [-0.4, -0.2) is 45.0 Å². The van der Waals surface area contributed by atoms with Crippen LogP contribution in [0.1, 0.15) is 0 Å². The van der Waals surface area contributed by atoms with E-state index in [4.69, 9.17) is 20.6 Å². The van der Waals surface area contributed by atoms with E-state index in [1.807, 2.05) is 32.7 Å². The van der Waals surface area contributed by atoms with Gasteiger partial charge in [0.1, 0.15) is 0 Å². The maximum absolute atomic E-state index is 6.14. The molecule has 0 aromatic carbocycles. The van der Waals surface area contributed by atoms with Crippen LogP contribution in [0.2, 0.25) is 45.8 Å². The van der Waals surface area contributed by atoms with Gasteiger partial charge in [-0.25, -0.2) is 0 Å². The van der Waals surface area contributed by atoms with Crippen molar-refractivity contribution < 1.29 is 20.6 Å². The van der Waals surface area contributed by atoms with E-state index in [1.165, 1.54) is 0 Å². The minimum Gasteiger partial charge on any atom is -0.416 e. The van der Waals surface area contributed by atoms with Crippen LogP contribution < -0.4 is 0 Å². The van der Waals surface area contributed by atoms with Crippen molar-refractivity contribution in [3.8, 4) is 0 Å². The Morgan fingerprint density at radius 1 is 0.824 bits per heavy atom. The highest BCUT2D eigenvalue weighted by molar-refractivity contribution is 6.87. The Morgan fingerprint density at radius 3 is 1.94 bits per heavy atom. The fourth-order valence-corrected chi connectivity index (χ4v) is 18.0. The molecule has 0 N–H and O–H groups in total. The van der Waals surface area contributed by atoms with Crippen molar-refractivity contribution >= 4 is 45.0 Å². The van der Waals surface area contributed by atoms with Crippen molar-refractivity contribution in [2.75, 3.05) is 0 Å². The van der Waals surface area contributed by atoms with Gasteiger partial charge < -0.3 is 20.6 Å². The predicted molar refractivity (Wildman–Crippen MR) is 75.2 cm³/mol. The molecule has 1 saturated heterocycles. The molecule has 10 heteroatoms. The molecule has 1 aliphatic rings. The van der Waals surface area contributed by atoms with E-state index < -0.39 is 35.0 Å². The van der Waals surface area contributed by atoms with E-state index >= 15 is 0 Å². The summed E-state index contributed by atoms with van der Waals surface area (Å²) in [6.07, 6.45) is 0. The number of hydrogen-bond acceptors (Lipinski definition) is 5. The highest BCUT2D eigenvalue weighted by Crippen LogP contribution is 2.23. The quantitative estimate of drug-likeness (QED) is 0.636. The van der Waals surface area contributed by atoms with Crippen molar-refractivity contribution in [1.29, 1.82) is 0 Å². The topological polar surface area (TPSA) is 46.2 Å². The first-order valence-corrected chi connectivity index (χ1v) is 16.6. The maximum atomic E-state index is 6.14. The second-order valence-corrected chi connectivity index (χ2v) is 18.9. The van der Waals surface area contributed by atoms with E-state index in [9.17, 15) is 0 Å². The molecule has 0 spiro atoms. The van der Waals surface area contributed by atoms with Gasteiger partial charge in [0.25, 0.3) is 0 Å². The average molecular weight is 326 g/mol. The zero-order chi connectivity index (χ0) is 13.3. The van der Waals surface area contributed by atoms with E-state index in [0.29, 0.717) is 0 Å². The molecule has 99 valence electrons. The highest BCUT2D eigenvalue weighted by atomic mass is 28.5. The lowest BCUT2D eigenvalue weighted by Crippen LogP contribution is -2.57. The van der Waals surface area contributed by atoms with Gasteiger partial charge in [-0.05, 0) is 45.8 Å². The first-order chi connectivity index (χ1) is 7.52. The second-order valence-electron chi connectivity index (χ2n) is 5.28. The molecule has 17 heavy (non-hydrogen) atoms. The van der Waals surface area contributed by atoms with E-state index in [2.05, 4.69) is 13.1 Å². The molecule has 5 nitrogen and oxygen atoms in total. The minimum absolute atomic E-state index is 0.0125. The van der Waals surface area contributed by atoms with Gasteiger partial charge in [0.05, 0.1) is 0 Å². The number of rotatable bonds is 0. The number of hydrogen-bond donors (Lipinski definition) is 0. The second kappa shape index (κ2) is 5.48. The molecule has 0 aliphatic carbocycles. The molecule has 1 heterocycles. The van der Waals surface area contributed by atoms with Crippen molar-refractivity contribution in [2.24, 2.45) is 0 Å². The molecule has 0 saturated carbocycles. The lowest BCUT2D eigenvalue weighted by molar-refractivity contribution is 0.266. The van der Waals surface area contributed by atoms with Crippen molar-refractivity contribution in [3.05, 3.63) is 0 Å². The Kier molecular flexibility index (Phi) is 5.14. The van der Waals surface area contributed by atoms with Gasteiger partial charge in [0, 0.05) is 0 Å². The van der Waals surface area contributed by atoms with E-state index in [1.54, 1.807) is 0 Å². The summed E-state index contributed by atoms with van der Waals surface area (Å²) < 4.78 is 29.4. The SMILES string of the molecule is C[Si]1O[Si]O[Si](C)(C)O[Si](C)(C)O[Si](C)(C)O1. The average Bonchev–Trinajstić information content (AvgIpc) is 1.94. The third-order valence-corrected chi connectivity index (χ3v) is 16.6. The van der Waals surface area contributed by atoms with Crippen LogP contribution in [0.4, 0.5) is 0 Å². The van der Waals surface area contributed by atoms with Gasteiger partial charge in [0.15, 0.2) is 0 Å². The van der Waals surface area contributed by atoms with Crippen LogP contribution in [0.3, 0.4) is 0 Å². The molecule has 1 aliphatic heterocycles. The Bertz CT molecular complexity index is 271. The highest BCUT2D eigenvalue weighted by Gasteiger charge is 2.43. The summed E-state index contributed by atoms with van der Waals surface area (Å²) in [5, 5.41) is 0. The normalized spacial score (nSPS) is 29.8. The van der Waals surface area contributed by atoms with Crippen LogP contribution in [0.15, 0.2) is 0 Å². The molecular formula is C7H21O5Si5. The Labute approximate surface area is 111 Å². The third-order valence-electron chi connectivity index (χ3n) is 1.85. The van der Waals surface area contributed by atoms with Crippen molar-refractivity contribution in [2.45, 2.75) is 45.8 Å². The van der Waals surface area contributed by atoms with Crippen LogP contribution >= 0.6 is 0 Å². The van der Waals surface area contributed by atoms with Gasteiger partial charge in [-0.2, -0.15) is 0 Å². The lowest BCUT2D eigenvalue weighted by atomic mass is 11.9. The molecule has 0 aromatic rings. The summed E-state index contributed by atoms with van der Waals surface area (Å²) >= 11 is 0. The monoisotopic (exact) mass is 325 g/mol. The molecule has 0 unspecified atom stereocenters. The molecule has 0 aromatic heterocycles. The molecule has 3 radical (unpaired) electrons. The van der Waals surface area contributed by atoms with E-state index in [-0.39, 0.29) is 10.0 Å². The van der Waals surface area contributed by atoms with Crippen LogP contribution in [0.25, 0.3) is 0 Å². The van der Waals surface area contributed by atoms with Gasteiger partial charge >= 0.3 is 45.0 Å². The standard InChI is InChI=1S/C7H21O5Si5/c1-14-8-13-9-15(2,3)11-17(6,7)12-16(4,5)10-14/h1-7H3. The van der Waals surface area contributed by atoms with Crippen LogP contribution in [-0.2, 0) is 20.6 Å². The maximum Gasteiger partial charge on any atom is 0.413 e. The van der Waals surface area contributed by atoms with Gasteiger partial charge in [0.2, 0.25) is 0 Å². The van der Waals surface area contributed by atoms with E-state index in [0.717, 1.165) is 0 Å². The predicted octanol–water partition coefficient (Wildman–Crippen LogP) is 1.84. The summed E-state index contributed by atoms with van der Waals surface area (Å²) in [5.41, 5.74) is 0. The molecule has 1 rings (SSSR count). The summed E-state index contributed by atoms with van der Waals surface area (Å²) in [4.78, 5) is 0. The van der Waals surface area contributed by atoms with Crippen LogP contribution in [0.5, 0.6) is 0 Å². The van der Waals surface area contributed by atoms with Crippen molar-refractivity contribution in [1.82, 2.24) is 0 Å². The van der Waals surface area contributed by atoms with Crippen molar-refractivity contribution in [3.63, 3.8) is 0 Å². The first-order valence-electron chi connectivity index (χ1n) is 5.54. The zero-order valence-corrected chi connectivity index (χ0v) is 16.5. The third kappa shape index (κ3) is 6.04. The minimum atomic E-state index is -2.19. The summed E-state index contributed by atoms with van der Waals surface area (Å²) in [5.74, 6) is 0. The summed E-state index contributed by atoms with van der Waals surface area (Å²) in [6.45, 7) is 14.2. The first kappa shape index (κ1) is 15.9. The Morgan fingerprint density at radius 2 is 1.35 bits per heavy atom. The molecule has 1 fully saturated rings. The molecule has 0 atom stereocenters. The van der Waals surface area contributed by atoms with Gasteiger partial charge in [-0.1, -0.05) is 0 Å². The van der Waals surface area contributed by atoms with Gasteiger partial charge in [-0.15, -0.1) is 0 Å². The van der Waals surface area contributed by atoms with Crippen LogP contribution in [0, 0.1) is 0 Å².